The van der Waals surface area contributed by atoms with Crippen molar-refractivity contribution in [3.05, 3.63) is 32.8 Å². The lowest BCUT2D eigenvalue weighted by molar-refractivity contribution is -0.385. The first kappa shape index (κ1) is 12.9. The molecule has 0 aliphatic carbocycles. The van der Waals surface area contributed by atoms with Crippen molar-refractivity contribution in [2.24, 2.45) is 0 Å². The Bertz CT molecular complexity index is 449. The Kier molecular flexibility index (Phi) is 4.26. The smallest absolute Gasteiger partial charge is 0.311 e. The van der Waals surface area contributed by atoms with Crippen LogP contribution in [0.4, 0.5) is 5.69 Å². The van der Waals surface area contributed by atoms with Crippen LogP contribution >= 0.6 is 27.5 Å². The van der Waals surface area contributed by atoms with Crippen LogP contribution < -0.4 is 4.74 Å². The molecule has 0 amide bonds. The largest absolute Gasteiger partial charge is 0.490 e. The van der Waals surface area contributed by atoms with Gasteiger partial charge >= 0.3 is 5.69 Å². The molecule has 0 fully saturated rings. The number of carbonyl (C=O) groups excluding carboxylic acids is 1. The zero-order chi connectivity index (χ0) is 12.3. The van der Waals surface area contributed by atoms with Gasteiger partial charge in [-0.15, -0.1) is 0 Å². The molecule has 1 aromatic rings. The Hall–Kier alpha value is -1.14. The Morgan fingerprint density at radius 1 is 1.62 bits per heavy atom. The van der Waals surface area contributed by atoms with Gasteiger partial charge in [-0.25, -0.2) is 0 Å². The molecule has 0 aromatic heterocycles. The van der Waals surface area contributed by atoms with Gasteiger partial charge in [0.25, 0.3) is 0 Å². The van der Waals surface area contributed by atoms with Crippen molar-refractivity contribution in [3.8, 4) is 5.75 Å². The van der Waals surface area contributed by atoms with Crippen LogP contribution in [-0.4, -0.2) is 23.1 Å². The third-order valence-corrected chi connectivity index (χ3v) is 2.71. The summed E-state index contributed by atoms with van der Waals surface area (Å²) in [5.74, 6) is -0.479. The number of hydrogen-bond acceptors (Lipinski definition) is 4. The third-order valence-electron chi connectivity index (χ3n) is 1.89. The van der Waals surface area contributed by atoms with Gasteiger partial charge < -0.3 is 4.74 Å². The van der Waals surface area contributed by atoms with Crippen LogP contribution in [0.25, 0.3) is 0 Å². The maximum absolute atomic E-state index is 11.6. The van der Waals surface area contributed by atoms with Crippen LogP contribution in [-0.2, 0) is 0 Å². The van der Waals surface area contributed by atoms with E-state index in [1.807, 2.05) is 0 Å². The van der Waals surface area contributed by atoms with E-state index in [1.165, 1.54) is 19.2 Å². The highest BCUT2D eigenvalue weighted by molar-refractivity contribution is 9.09. The second kappa shape index (κ2) is 5.27. The van der Waals surface area contributed by atoms with Crippen LogP contribution in [0.15, 0.2) is 12.1 Å². The van der Waals surface area contributed by atoms with Gasteiger partial charge in [0.1, 0.15) is 0 Å². The zero-order valence-corrected chi connectivity index (χ0v) is 10.5. The number of ether oxygens (including phenoxy) is 1. The average molecular weight is 309 g/mol. The fourth-order valence-electron chi connectivity index (χ4n) is 1.22. The molecule has 0 spiro atoms. The molecule has 0 radical (unpaired) electrons. The van der Waals surface area contributed by atoms with Gasteiger partial charge in [-0.3, -0.25) is 14.9 Å². The monoisotopic (exact) mass is 307 g/mol. The quantitative estimate of drug-likeness (QED) is 0.371. The highest BCUT2D eigenvalue weighted by Gasteiger charge is 2.24. The molecular weight excluding hydrogens is 301 g/mol. The lowest BCUT2D eigenvalue weighted by atomic mass is 10.1. The number of ketones is 1. The number of methoxy groups -OCH3 is 1. The summed E-state index contributed by atoms with van der Waals surface area (Å²) in [5, 5.41) is 10.9. The van der Waals surface area contributed by atoms with Gasteiger partial charge in [-0.05, 0) is 6.07 Å². The number of rotatable bonds is 4. The van der Waals surface area contributed by atoms with Crippen molar-refractivity contribution in [1.82, 2.24) is 0 Å². The number of Topliss-reactive ketones (excluding diaryl/α,β-unsaturated/α-hetero) is 1. The maximum Gasteiger partial charge on any atom is 0.311 e. The van der Waals surface area contributed by atoms with E-state index < -0.39 is 4.92 Å². The van der Waals surface area contributed by atoms with E-state index in [-0.39, 0.29) is 33.1 Å². The van der Waals surface area contributed by atoms with Crippen LogP contribution in [0.2, 0.25) is 5.02 Å². The topological polar surface area (TPSA) is 69.4 Å². The number of benzene rings is 1. The molecule has 16 heavy (non-hydrogen) atoms. The molecule has 0 bridgehead atoms. The van der Waals surface area contributed by atoms with Crippen LogP contribution in [0.3, 0.4) is 0 Å². The molecule has 0 saturated heterocycles. The van der Waals surface area contributed by atoms with Crippen LogP contribution in [0, 0.1) is 10.1 Å². The first-order chi connectivity index (χ1) is 7.52. The molecule has 0 heterocycles. The van der Waals surface area contributed by atoms with Gasteiger partial charge in [0.05, 0.1) is 27.9 Å². The molecule has 0 aliphatic rings. The SMILES string of the molecule is COc1c([N+](=O)[O-])ccc(Cl)c1C(=O)CBr. The molecule has 0 saturated carbocycles. The molecule has 5 nitrogen and oxygen atoms in total. The highest BCUT2D eigenvalue weighted by atomic mass is 79.9. The summed E-state index contributed by atoms with van der Waals surface area (Å²) in [4.78, 5) is 21.6. The fourth-order valence-corrected chi connectivity index (χ4v) is 1.76. The van der Waals surface area contributed by atoms with Gasteiger partial charge in [-0.1, -0.05) is 27.5 Å². The molecule has 0 aliphatic heterocycles. The molecule has 0 unspecified atom stereocenters. The minimum absolute atomic E-state index is 0.0181. The van der Waals surface area contributed by atoms with Gasteiger partial charge in [0.2, 0.25) is 5.75 Å². The molecule has 1 aromatic carbocycles. The first-order valence-corrected chi connectivity index (χ1v) is 5.63. The second-order valence-corrected chi connectivity index (χ2v) is 3.76. The van der Waals surface area contributed by atoms with Gasteiger partial charge in [-0.2, -0.15) is 0 Å². The van der Waals surface area contributed by atoms with E-state index in [0.717, 1.165) is 0 Å². The number of hydrogen-bond donors (Lipinski definition) is 0. The Balaban J connectivity index is 3.50. The fraction of sp³-hybridized carbons (Fsp3) is 0.222. The predicted molar refractivity (Wildman–Crippen MR) is 62.8 cm³/mol. The lowest BCUT2D eigenvalue weighted by Crippen LogP contribution is -2.06. The lowest BCUT2D eigenvalue weighted by Gasteiger charge is -2.08. The molecule has 0 atom stereocenters. The molecule has 7 heteroatoms. The average Bonchev–Trinajstić information content (AvgIpc) is 2.26. The number of nitro groups is 1. The second-order valence-electron chi connectivity index (χ2n) is 2.79. The van der Waals surface area contributed by atoms with E-state index >= 15 is 0 Å². The van der Waals surface area contributed by atoms with Crippen molar-refractivity contribution < 1.29 is 14.5 Å². The Morgan fingerprint density at radius 3 is 2.69 bits per heavy atom. The summed E-state index contributed by atoms with van der Waals surface area (Å²) in [6, 6.07) is 2.50. The van der Waals surface area contributed by atoms with Crippen molar-refractivity contribution in [2.45, 2.75) is 0 Å². The van der Waals surface area contributed by atoms with E-state index in [4.69, 9.17) is 16.3 Å². The summed E-state index contributed by atoms with van der Waals surface area (Å²) < 4.78 is 4.87. The third kappa shape index (κ3) is 2.33. The summed E-state index contributed by atoms with van der Waals surface area (Å²) in [7, 11) is 1.25. The highest BCUT2D eigenvalue weighted by Crippen LogP contribution is 2.36. The van der Waals surface area contributed by atoms with Crippen LogP contribution in [0.5, 0.6) is 5.75 Å². The summed E-state index contributed by atoms with van der Waals surface area (Å²) >= 11 is 8.79. The van der Waals surface area contributed by atoms with Crippen molar-refractivity contribution in [2.75, 3.05) is 12.4 Å². The molecule has 1 rings (SSSR count). The number of halogens is 2. The van der Waals surface area contributed by atoms with Crippen LogP contribution in [0.1, 0.15) is 10.4 Å². The number of nitro benzene ring substituents is 1. The first-order valence-electron chi connectivity index (χ1n) is 4.13. The van der Waals surface area contributed by atoms with E-state index in [9.17, 15) is 14.9 Å². The van der Waals surface area contributed by atoms with Gasteiger partial charge in [0.15, 0.2) is 5.78 Å². The molecular formula is C9H7BrClNO4. The Morgan fingerprint density at radius 2 is 2.25 bits per heavy atom. The summed E-state index contributed by atoms with van der Waals surface area (Å²) in [6.45, 7) is 0. The molecule has 86 valence electrons. The normalized spacial score (nSPS) is 9.94. The van der Waals surface area contributed by atoms with Gasteiger partial charge in [0, 0.05) is 6.07 Å². The van der Waals surface area contributed by atoms with E-state index in [2.05, 4.69) is 15.9 Å². The maximum atomic E-state index is 11.6. The summed E-state index contributed by atoms with van der Waals surface area (Å²) in [6.07, 6.45) is 0. The van der Waals surface area contributed by atoms with Crippen molar-refractivity contribution in [1.29, 1.82) is 0 Å². The van der Waals surface area contributed by atoms with E-state index in [0.29, 0.717) is 0 Å². The minimum Gasteiger partial charge on any atom is -0.490 e. The number of alkyl halides is 1. The Labute approximate surface area is 105 Å². The summed E-state index contributed by atoms with van der Waals surface area (Å²) in [5.41, 5.74) is -0.258. The molecule has 0 N–H and O–H groups in total. The minimum atomic E-state index is -0.625. The van der Waals surface area contributed by atoms with Crippen molar-refractivity contribution in [3.63, 3.8) is 0 Å². The predicted octanol–water partition coefficient (Wildman–Crippen LogP) is 2.83. The van der Waals surface area contributed by atoms with Crippen molar-refractivity contribution >= 4 is 39.0 Å². The van der Waals surface area contributed by atoms with E-state index in [1.54, 1.807) is 0 Å². The standard InChI is InChI=1S/C9H7BrClNO4/c1-16-9-6(12(14)15)3-2-5(11)8(9)7(13)4-10/h2-3H,4H2,1H3. The number of carbonyl (C=O) groups is 1. The zero-order valence-electron chi connectivity index (χ0n) is 8.20. The number of nitrogens with zero attached hydrogens (tertiary/aromatic N) is 1.